The van der Waals surface area contributed by atoms with Crippen LogP contribution in [0.4, 0.5) is 4.79 Å². The summed E-state index contributed by atoms with van der Waals surface area (Å²) < 4.78 is 0. The second kappa shape index (κ2) is 8.29. The van der Waals surface area contributed by atoms with E-state index in [4.69, 9.17) is 0 Å². The van der Waals surface area contributed by atoms with Crippen LogP contribution in [-0.4, -0.2) is 36.6 Å². The second-order valence-electron chi connectivity index (χ2n) is 6.19. The van der Waals surface area contributed by atoms with Crippen LogP contribution < -0.4 is 16.0 Å². The zero-order chi connectivity index (χ0) is 16.8. The summed E-state index contributed by atoms with van der Waals surface area (Å²) in [6.45, 7) is 4.55. The van der Waals surface area contributed by atoms with Gasteiger partial charge in [0.2, 0.25) is 5.91 Å². The van der Waals surface area contributed by atoms with Gasteiger partial charge in [0, 0.05) is 36.6 Å². The molecule has 23 heavy (non-hydrogen) atoms. The molecule has 3 amide bonds. The fraction of sp³-hybridized carbons (Fsp3) is 0.688. The number of nitrogens with one attached hydrogen (secondary N) is 3. The summed E-state index contributed by atoms with van der Waals surface area (Å²) in [5.74, 6) is 0.0701. The van der Waals surface area contributed by atoms with E-state index in [9.17, 15) is 9.59 Å². The molecule has 6 nitrogen and oxygen atoms in total. The van der Waals surface area contributed by atoms with Gasteiger partial charge in [0.25, 0.3) is 0 Å². The van der Waals surface area contributed by atoms with Crippen LogP contribution in [0.5, 0.6) is 0 Å². The lowest BCUT2D eigenvalue weighted by molar-refractivity contribution is -0.126. The number of hydrogen-bond donors (Lipinski definition) is 3. The minimum Gasteiger partial charge on any atom is -0.359 e. The molecule has 3 N–H and O–H groups in total. The highest BCUT2D eigenvalue weighted by atomic mass is 32.1. The van der Waals surface area contributed by atoms with Gasteiger partial charge >= 0.3 is 6.03 Å². The van der Waals surface area contributed by atoms with Crippen LogP contribution in [0.2, 0.25) is 0 Å². The maximum atomic E-state index is 12.1. The van der Waals surface area contributed by atoms with E-state index in [1.54, 1.807) is 18.4 Å². The van der Waals surface area contributed by atoms with Gasteiger partial charge < -0.3 is 16.0 Å². The predicted molar refractivity (Wildman–Crippen MR) is 91.6 cm³/mol. The van der Waals surface area contributed by atoms with Crippen LogP contribution in [-0.2, 0) is 4.79 Å². The standard InChI is InChI=1S/C16H26N4O2S/c1-10(15-19-11(2)9-23-15)8-18-16(22)20-13-7-5-4-6-12(13)14(21)17-3/h9-10,12-13H,4-8H2,1-3H3,(H,17,21)(H2,18,20,22)/t10-,12-,13-/m1/s1. The number of carbonyl (C=O) groups is 2. The first-order valence-electron chi connectivity index (χ1n) is 8.19. The summed E-state index contributed by atoms with van der Waals surface area (Å²) in [6.07, 6.45) is 3.78. The summed E-state index contributed by atoms with van der Waals surface area (Å²) in [5, 5.41) is 11.6. The smallest absolute Gasteiger partial charge is 0.315 e. The summed E-state index contributed by atoms with van der Waals surface area (Å²) in [7, 11) is 1.64. The Kier molecular flexibility index (Phi) is 6.38. The molecule has 0 unspecified atom stereocenters. The number of aromatic nitrogens is 1. The SMILES string of the molecule is CNC(=O)[C@@H]1CCCC[C@H]1NC(=O)NC[C@@H](C)c1nc(C)cs1. The van der Waals surface area contributed by atoms with Crippen LogP contribution in [0.25, 0.3) is 0 Å². The van der Waals surface area contributed by atoms with Crippen molar-refractivity contribution in [2.75, 3.05) is 13.6 Å². The first kappa shape index (κ1) is 17.7. The molecule has 7 heteroatoms. The highest BCUT2D eigenvalue weighted by molar-refractivity contribution is 7.09. The van der Waals surface area contributed by atoms with Crippen molar-refractivity contribution >= 4 is 23.3 Å². The average molecular weight is 338 g/mol. The van der Waals surface area contributed by atoms with Crippen molar-refractivity contribution < 1.29 is 9.59 Å². The van der Waals surface area contributed by atoms with Crippen molar-refractivity contribution in [3.05, 3.63) is 16.1 Å². The molecule has 0 radical (unpaired) electrons. The Balaban J connectivity index is 1.82. The predicted octanol–water partition coefficient (Wildman–Crippen LogP) is 2.16. The Hall–Kier alpha value is -1.63. The van der Waals surface area contributed by atoms with Crippen LogP contribution in [0, 0.1) is 12.8 Å². The first-order valence-corrected chi connectivity index (χ1v) is 9.07. The fourth-order valence-electron chi connectivity index (χ4n) is 2.95. The Bertz CT molecular complexity index is 546. The maximum Gasteiger partial charge on any atom is 0.315 e. The number of urea groups is 1. The third-order valence-electron chi connectivity index (χ3n) is 4.29. The van der Waals surface area contributed by atoms with Gasteiger partial charge in [0.05, 0.1) is 10.9 Å². The van der Waals surface area contributed by atoms with E-state index in [1.165, 1.54) is 0 Å². The van der Waals surface area contributed by atoms with E-state index in [0.717, 1.165) is 36.4 Å². The summed E-state index contributed by atoms with van der Waals surface area (Å²) in [5.41, 5.74) is 1.01. The molecule has 0 aliphatic heterocycles. The molecule has 0 bridgehead atoms. The molecule has 1 saturated carbocycles. The van der Waals surface area contributed by atoms with Gasteiger partial charge in [-0.15, -0.1) is 11.3 Å². The van der Waals surface area contributed by atoms with Gasteiger partial charge in [-0.3, -0.25) is 4.79 Å². The molecule has 128 valence electrons. The Labute approximate surface area is 141 Å². The summed E-state index contributed by atoms with van der Waals surface area (Å²) in [6, 6.07) is -0.285. The van der Waals surface area contributed by atoms with Gasteiger partial charge in [-0.25, -0.2) is 9.78 Å². The molecule has 1 aromatic heterocycles. The number of aryl methyl sites for hydroxylation is 1. The summed E-state index contributed by atoms with van der Waals surface area (Å²) in [4.78, 5) is 28.5. The number of nitrogens with zero attached hydrogens (tertiary/aromatic N) is 1. The Morgan fingerprint density at radius 3 is 2.78 bits per heavy atom. The minimum atomic E-state index is -0.203. The van der Waals surface area contributed by atoms with Gasteiger partial charge in [-0.1, -0.05) is 19.8 Å². The fourth-order valence-corrected chi connectivity index (χ4v) is 3.81. The zero-order valence-electron chi connectivity index (χ0n) is 14.0. The average Bonchev–Trinajstić information content (AvgIpc) is 2.99. The molecule has 3 atom stereocenters. The van der Waals surface area contributed by atoms with E-state index < -0.39 is 0 Å². The third kappa shape index (κ3) is 4.92. The zero-order valence-corrected chi connectivity index (χ0v) is 14.8. The van der Waals surface area contributed by atoms with Crippen molar-refractivity contribution in [3.8, 4) is 0 Å². The van der Waals surface area contributed by atoms with Gasteiger partial charge in [0.1, 0.15) is 0 Å². The summed E-state index contributed by atoms with van der Waals surface area (Å²) >= 11 is 1.62. The van der Waals surface area contributed by atoms with Crippen molar-refractivity contribution in [1.29, 1.82) is 0 Å². The van der Waals surface area contributed by atoms with Crippen LogP contribution in [0.1, 0.15) is 49.2 Å². The highest BCUT2D eigenvalue weighted by Gasteiger charge is 2.31. The third-order valence-corrected chi connectivity index (χ3v) is 5.49. The first-order chi connectivity index (χ1) is 11.0. The maximum absolute atomic E-state index is 12.1. The number of amides is 3. The topological polar surface area (TPSA) is 83.1 Å². The Morgan fingerprint density at radius 1 is 1.39 bits per heavy atom. The van der Waals surface area contributed by atoms with E-state index in [1.807, 2.05) is 19.2 Å². The second-order valence-corrected chi connectivity index (χ2v) is 7.08. The number of rotatable bonds is 5. The van der Waals surface area contributed by atoms with Crippen molar-refractivity contribution in [1.82, 2.24) is 20.9 Å². The largest absolute Gasteiger partial charge is 0.359 e. The molecule has 1 heterocycles. The van der Waals surface area contributed by atoms with Crippen molar-refractivity contribution in [2.45, 2.75) is 51.5 Å². The van der Waals surface area contributed by atoms with Gasteiger partial charge in [0.15, 0.2) is 0 Å². The van der Waals surface area contributed by atoms with Crippen LogP contribution >= 0.6 is 11.3 Å². The molecule has 1 aromatic rings. The molecule has 0 aromatic carbocycles. The lowest BCUT2D eigenvalue weighted by Gasteiger charge is -2.31. The number of carbonyl (C=O) groups excluding carboxylic acids is 2. The van der Waals surface area contributed by atoms with Crippen LogP contribution in [0.15, 0.2) is 5.38 Å². The molecule has 1 fully saturated rings. The van der Waals surface area contributed by atoms with Gasteiger partial charge in [-0.05, 0) is 19.8 Å². The lowest BCUT2D eigenvalue weighted by Crippen LogP contribution is -2.51. The normalized spacial score (nSPS) is 22.2. The van der Waals surface area contributed by atoms with Crippen LogP contribution in [0.3, 0.4) is 0 Å². The molecular formula is C16H26N4O2S. The van der Waals surface area contributed by atoms with Crippen molar-refractivity contribution in [3.63, 3.8) is 0 Å². The van der Waals surface area contributed by atoms with E-state index >= 15 is 0 Å². The van der Waals surface area contributed by atoms with E-state index in [2.05, 4.69) is 20.9 Å². The number of hydrogen-bond acceptors (Lipinski definition) is 4. The highest BCUT2D eigenvalue weighted by Crippen LogP contribution is 2.24. The lowest BCUT2D eigenvalue weighted by atomic mass is 9.84. The quantitative estimate of drug-likeness (QED) is 0.769. The van der Waals surface area contributed by atoms with Crippen molar-refractivity contribution in [2.24, 2.45) is 5.92 Å². The van der Waals surface area contributed by atoms with E-state index in [-0.39, 0.29) is 29.8 Å². The monoisotopic (exact) mass is 338 g/mol. The molecule has 0 spiro atoms. The molecule has 0 saturated heterocycles. The minimum absolute atomic E-state index is 0.0154. The van der Waals surface area contributed by atoms with Gasteiger partial charge in [-0.2, -0.15) is 0 Å². The molecule has 1 aliphatic carbocycles. The molecule has 2 rings (SSSR count). The molecule has 1 aliphatic rings. The molecular weight excluding hydrogens is 312 g/mol. The Morgan fingerprint density at radius 2 is 2.13 bits per heavy atom. The van der Waals surface area contributed by atoms with E-state index in [0.29, 0.717) is 6.54 Å². The number of thiazole rings is 1.